The molecule has 6 atom stereocenters. The van der Waals surface area contributed by atoms with Crippen LogP contribution in [-0.4, -0.2) is 76.5 Å². The zero-order valence-corrected chi connectivity index (χ0v) is 16.2. The third-order valence-corrected chi connectivity index (χ3v) is 6.08. The Kier molecular flexibility index (Phi) is 6.15. The van der Waals surface area contributed by atoms with E-state index in [0.717, 1.165) is 17.3 Å². The first-order chi connectivity index (χ1) is 13.3. The molecular formula is C18H23NO8S. The molecule has 0 unspecified atom stereocenters. The molecule has 0 aromatic heterocycles. The monoisotopic (exact) mass is 413 g/mol. The highest BCUT2D eigenvalue weighted by Crippen LogP contribution is 2.46. The van der Waals surface area contributed by atoms with Crippen LogP contribution in [0.25, 0.3) is 0 Å². The Morgan fingerprint density at radius 2 is 2.07 bits per heavy atom. The summed E-state index contributed by atoms with van der Waals surface area (Å²) in [5.74, 6) is -0.713. The maximum Gasteiger partial charge on any atom is 0.407 e. The summed E-state index contributed by atoms with van der Waals surface area (Å²) < 4.78 is 16.2. The number of methoxy groups -OCH3 is 1. The fraction of sp³-hybridized carbons (Fsp3) is 0.556. The van der Waals surface area contributed by atoms with Gasteiger partial charge in [-0.05, 0) is 19.1 Å². The summed E-state index contributed by atoms with van der Waals surface area (Å²) in [5, 5.41) is 32.1. The predicted molar refractivity (Wildman–Crippen MR) is 97.6 cm³/mol. The lowest BCUT2D eigenvalue weighted by molar-refractivity contribution is -0.199. The number of hydrogen-bond donors (Lipinski definition) is 4. The van der Waals surface area contributed by atoms with E-state index in [9.17, 15) is 24.9 Å². The van der Waals surface area contributed by atoms with Crippen molar-refractivity contribution in [2.75, 3.05) is 13.7 Å². The first kappa shape index (κ1) is 20.9. The second-order valence-electron chi connectivity index (χ2n) is 6.80. The summed E-state index contributed by atoms with van der Waals surface area (Å²) in [4.78, 5) is 23.6. The van der Waals surface area contributed by atoms with Gasteiger partial charge in [0.05, 0.1) is 19.8 Å². The number of aryl methyl sites for hydroxylation is 1. The smallest absolute Gasteiger partial charge is 0.407 e. The van der Waals surface area contributed by atoms with Crippen molar-refractivity contribution in [2.45, 2.75) is 53.6 Å². The van der Waals surface area contributed by atoms with Gasteiger partial charge in [-0.25, -0.2) is 9.59 Å². The Morgan fingerprint density at radius 3 is 2.68 bits per heavy atom. The molecule has 28 heavy (non-hydrogen) atoms. The molecule has 2 heterocycles. The largest absolute Gasteiger partial charge is 0.466 e. The van der Waals surface area contributed by atoms with Crippen molar-refractivity contribution in [3.8, 4) is 0 Å². The van der Waals surface area contributed by atoms with Gasteiger partial charge in [-0.2, -0.15) is 0 Å². The van der Waals surface area contributed by atoms with Crippen LogP contribution < -0.4 is 5.32 Å². The van der Waals surface area contributed by atoms with Gasteiger partial charge < -0.3 is 34.8 Å². The number of benzene rings is 1. The van der Waals surface area contributed by atoms with E-state index in [1.807, 2.05) is 31.2 Å². The number of thioether (sulfide) groups is 1. The minimum Gasteiger partial charge on any atom is -0.466 e. The van der Waals surface area contributed by atoms with Crippen molar-refractivity contribution < 1.29 is 39.1 Å². The number of amides is 1. The maximum absolute atomic E-state index is 12.7. The lowest BCUT2D eigenvalue weighted by Crippen LogP contribution is -2.63. The lowest BCUT2D eigenvalue weighted by Gasteiger charge is -2.44. The molecule has 1 aromatic rings. The minimum absolute atomic E-state index is 0.0138. The zero-order valence-electron chi connectivity index (χ0n) is 15.4. The molecule has 2 fully saturated rings. The van der Waals surface area contributed by atoms with E-state index in [1.54, 1.807) is 0 Å². The summed E-state index contributed by atoms with van der Waals surface area (Å²) in [5.41, 5.74) is 1.04. The molecule has 0 radical (unpaired) electrons. The highest BCUT2D eigenvalue weighted by molar-refractivity contribution is 8.01. The number of rotatable bonds is 6. The lowest BCUT2D eigenvalue weighted by atomic mass is 9.90. The van der Waals surface area contributed by atoms with Gasteiger partial charge in [0.1, 0.15) is 24.4 Å². The number of ether oxygens (including phenoxy) is 3. The number of aliphatic hydroxyl groups excluding tert-OH is 3. The van der Waals surface area contributed by atoms with Gasteiger partial charge in [0.2, 0.25) is 4.93 Å². The van der Waals surface area contributed by atoms with Gasteiger partial charge >= 0.3 is 12.1 Å². The van der Waals surface area contributed by atoms with Crippen molar-refractivity contribution in [1.82, 2.24) is 5.32 Å². The van der Waals surface area contributed by atoms with Gasteiger partial charge in [0.25, 0.3) is 0 Å². The summed E-state index contributed by atoms with van der Waals surface area (Å²) in [6.07, 6.45) is -5.81. The molecule has 10 heteroatoms. The number of alkyl carbamates (subject to hydrolysis) is 1. The molecular weight excluding hydrogens is 390 g/mol. The van der Waals surface area contributed by atoms with Crippen molar-refractivity contribution in [2.24, 2.45) is 0 Å². The number of fused-ring (bicyclic) bond motifs is 1. The van der Waals surface area contributed by atoms with E-state index in [1.165, 1.54) is 7.11 Å². The van der Waals surface area contributed by atoms with Crippen LogP contribution in [0.3, 0.4) is 0 Å². The Balaban J connectivity index is 1.97. The van der Waals surface area contributed by atoms with E-state index in [-0.39, 0.29) is 6.42 Å². The topological polar surface area (TPSA) is 135 Å². The van der Waals surface area contributed by atoms with Crippen molar-refractivity contribution in [1.29, 1.82) is 0 Å². The second kappa shape index (κ2) is 8.26. The number of esters is 1. The van der Waals surface area contributed by atoms with E-state index in [0.29, 0.717) is 4.90 Å². The molecule has 1 aromatic carbocycles. The van der Waals surface area contributed by atoms with Crippen molar-refractivity contribution in [3.63, 3.8) is 0 Å². The molecule has 2 saturated heterocycles. The Labute approximate surface area is 166 Å². The summed E-state index contributed by atoms with van der Waals surface area (Å²) in [7, 11) is 1.21. The Bertz CT molecular complexity index is 729. The number of carbonyl (C=O) groups is 2. The van der Waals surface area contributed by atoms with E-state index < -0.39 is 54.1 Å². The molecule has 0 bridgehead atoms. The standard InChI is InChI=1S/C18H23NO8S/c1-9-3-5-10(6-4-9)28-18(16(23)25-2)7-12-13(19-17(24)26-12)15(27-18)14(22)11(21)8-20/h3-6,11-15,20-22H,7-8H2,1-2H3,(H,19,24)/t11-,12+,13-,14-,15-,18+/m1/s1. The van der Waals surface area contributed by atoms with Crippen LogP contribution in [0, 0.1) is 6.92 Å². The van der Waals surface area contributed by atoms with Crippen LogP contribution in [0.4, 0.5) is 4.79 Å². The molecule has 2 aliphatic rings. The van der Waals surface area contributed by atoms with E-state index in [2.05, 4.69) is 5.32 Å². The molecule has 9 nitrogen and oxygen atoms in total. The highest BCUT2D eigenvalue weighted by Gasteiger charge is 2.59. The summed E-state index contributed by atoms with van der Waals surface area (Å²) in [6, 6.07) is 6.58. The molecule has 0 saturated carbocycles. The Morgan fingerprint density at radius 1 is 1.39 bits per heavy atom. The molecule has 2 aliphatic heterocycles. The SMILES string of the molecule is COC(=O)[C@@]1(Sc2ccc(C)cc2)C[C@@H]2OC(=O)N[C@H]2[C@H]([C@H](O)[C@H](O)CO)O1. The number of hydrogen-bond acceptors (Lipinski definition) is 9. The second-order valence-corrected chi connectivity index (χ2v) is 8.14. The highest BCUT2D eigenvalue weighted by atomic mass is 32.2. The van der Waals surface area contributed by atoms with Crippen LogP contribution in [0.15, 0.2) is 29.2 Å². The van der Waals surface area contributed by atoms with Crippen LogP contribution >= 0.6 is 11.8 Å². The van der Waals surface area contributed by atoms with Gasteiger partial charge in [-0.3, -0.25) is 0 Å². The average Bonchev–Trinajstić information content (AvgIpc) is 3.06. The molecule has 154 valence electrons. The summed E-state index contributed by atoms with van der Waals surface area (Å²) >= 11 is 1.07. The van der Waals surface area contributed by atoms with Gasteiger partial charge in [0.15, 0.2) is 0 Å². The van der Waals surface area contributed by atoms with Gasteiger partial charge in [0, 0.05) is 11.3 Å². The fourth-order valence-corrected chi connectivity index (χ4v) is 4.57. The van der Waals surface area contributed by atoms with Gasteiger partial charge in [-0.15, -0.1) is 0 Å². The Hall–Kier alpha value is -1.85. The van der Waals surface area contributed by atoms with Crippen LogP contribution in [0.2, 0.25) is 0 Å². The number of nitrogens with one attached hydrogen (secondary N) is 1. The quantitative estimate of drug-likeness (QED) is 0.473. The number of carbonyl (C=O) groups excluding carboxylic acids is 2. The van der Waals surface area contributed by atoms with E-state index >= 15 is 0 Å². The molecule has 1 amide bonds. The predicted octanol–water partition coefficient (Wildman–Crippen LogP) is -0.0636. The first-order valence-corrected chi connectivity index (χ1v) is 9.57. The molecule has 0 aliphatic carbocycles. The fourth-order valence-electron chi connectivity index (χ4n) is 3.34. The normalized spacial score (nSPS) is 31.3. The third-order valence-electron chi connectivity index (χ3n) is 4.81. The van der Waals surface area contributed by atoms with E-state index in [4.69, 9.17) is 14.2 Å². The van der Waals surface area contributed by atoms with Crippen LogP contribution in [-0.2, 0) is 19.0 Å². The minimum atomic E-state index is -1.61. The molecule has 0 spiro atoms. The third kappa shape index (κ3) is 3.96. The van der Waals surface area contributed by atoms with Crippen molar-refractivity contribution >= 4 is 23.8 Å². The zero-order chi connectivity index (χ0) is 20.5. The molecule has 4 N–H and O–H groups in total. The molecule has 3 rings (SSSR count). The first-order valence-electron chi connectivity index (χ1n) is 8.75. The van der Waals surface area contributed by atoms with Crippen LogP contribution in [0.1, 0.15) is 12.0 Å². The van der Waals surface area contributed by atoms with Crippen molar-refractivity contribution in [3.05, 3.63) is 29.8 Å². The van der Waals surface area contributed by atoms with Gasteiger partial charge in [-0.1, -0.05) is 29.5 Å². The van der Waals surface area contributed by atoms with Crippen LogP contribution in [0.5, 0.6) is 0 Å². The summed E-state index contributed by atoms with van der Waals surface area (Å²) in [6.45, 7) is 1.21. The number of aliphatic hydroxyl groups is 3. The average molecular weight is 413 g/mol. The maximum atomic E-state index is 12.7.